The minimum absolute atomic E-state index is 0.000774. The summed E-state index contributed by atoms with van der Waals surface area (Å²) in [7, 11) is -3.88. The van der Waals surface area contributed by atoms with Crippen molar-refractivity contribution in [2.24, 2.45) is 29.1 Å². The zero-order valence-electron chi connectivity index (χ0n) is 18.6. The van der Waals surface area contributed by atoms with Crippen LogP contribution in [-0.4, -0.2) is 38.3 Å². The number of carbonyl (C=O) groups is 1. The highest BCUT2D eigenvalue weighted by Gasteiger charge is 2.54. The molecule has 5 aliphatic rings. The van der Waals surface area contributed by atoms with Crippen LogP contribution in [0.4, 0.5) is 13.2 Å². The number of halogens is 3. The minimum Gasteiger partial charge on any atom is -0.355 e. The van der Waals surface area contributed by atoms with Crippen LogP contribution < -0.4 is 5.32 Å². The zero-order chi connectivity index (χ0) is 23.4. The molecule has 0 aromatic heterocycles. The molecule has 0 spiro atoms. The molecule has 1 saturated heterocycles. The van der Waals surface area contributed by atoms with Crippen LogP contribution in [0.15, 0.2) is 29.2 Å². The number of nitrogens with one attached hydrogen (secondary N) is 1. The molecule has 5 fully saturated rings. The van der Waals surface area contributed by atoms with E-state index < -0.39 is 21.8 Å². The molecular weight excluding hydrogens is 453 g/mol. The first-order valence-corrected chi connectivity index (χ1v) is 13.4. The molecule has 1 aromatic rings. The predicted octanol–water partition coefficient (Wildman–Crippen LogP) is 4.44. The summed E-state index contributed by atoms with van der Waals surface area (Å²) >= 11 is 0. The maximum Gasteiger partial charge on any atom is 0.416 e. The van der Waals surface area contributed by atoms with Crippen molar-refractivity contribution in [2.75, 3.05) is 19.6 Å². The Morgan fingerprint density at radius 3 is 2.15 bits per heavy atom. The van der Waals surface area contributed by atoms with Gasteiger partial charge in [0.25, 0.3) is 0 Å². The first-order valence-electron chi connectivity index (χ1n) is 12.0. The molecule has 33 heavy (non-hydrogen) atoms. The molecule has 1 aliphatic heterocycles. The molecule has 1 amide bonds. The van der Waals surface area contributed by atoms with Gasteiger partial charge in [-0.15, -0.1) is 0 Å². The maximum atomic E-state index is 13.2. The van der Waals surface area contributed by atoms with E-state index in [2.05, 4.69) is 5.32 Å². The summed E-state index contributed by atoms with van der Waals surface area (Å²) in [5, 5.41) is 3.16. The van der Waals surface area contributed by atoms with Gasteiger partial charge in [-0.05, 0) is 99.3 Å². The summed E-state index contributed by atoms with van der Waals surface area (Å²) in [6.45, 7) is 1.05. The van der Waals surface area contributed by atoms with E-state index in [4.69, 9.17) is 0 Å². The molecule has 1 N–H and O–H groups in total. The summed E-state index contributed by atoms with van der Waals surface area (Å²) in [4.78, 5) is 13.1. The van der Waals surface area contributed by atoms with Crippen molar-refractivity contribution < 1.29 is 26.4 Å². The maximum absolute atomic E-state index is 13.2. The standard InChI is InChI=1S/C24H31F3N2O3S/c25-24(26,27)20-3-5-21(6-4-20)33(31,32)29-7-1-2-16(15-29)14-28-22(30)23-11-17-8-18(12-23)10-19(9-17)13-23/h3-6,16-19H,1-2,7-15H2,(H,28,30). The van der Waals surface area contributed by atoms with Gasteiger partial charge in [0.05, 0.1) is 10.5 Å². The molecule has 4 aliphatic carbocycles. The molecule has 9 heteroatoms. The van der Waals surface area contributed by atoms with E-state index in [1.54, 1.807) is 0 Å². The highest BCUT2D eigenvalue weighted by atomic mass is 32.2. The lowest BCUT2D eigenvalue weighted by atomic mass is 9.49. The van der Waals surface area contributed by atoms with Crippen LogP contribution in [0.2, 0.25) is 0 Å². The fourth-order valence-corrected chi connectivity index (χ4v) is 8.74. The SMILES string of the molecule is O=C(NCC1CCCN(S(=O)(=O)c2ccc(C(F)(F)F)cc2)C1)C12CC3CC(CC(C3)C1)C2. The van der Waals surface area contributed by atoms with Crippen LogP contribution in [0.3, 0.4) is 0 Å². The van der Waals surface area contributed by atoms with Crippen LogP contribution in [0.1, 0.15) is 56.9 Å². The van der Waals surface area contributed by atoms with Gasteiger partial charge in [0, 0.05) is 25.0 Å². The molecule has 5 nitrogen and oxygen atoms in total. The van der Waals surface area contributed by atoms with Crippen molar-refractivity contribution in [1.29, 1.82) is 0 Å². The monoisotopic (exact) mass is 484 g/mol. The Labute approximate surface area is 193 Å². The van der Waals surface area contributed by atoms with E-state index in [1.165, 1.54) is 23.6 Å². The Bertz CT molecular complexity index is 971. The Balaban J connectivity index is 1.21. The second-order valence-electron chi connectivity index (χ2n) is 10.8. The Morgan fingerprint density at radius 2 is 1.61 bits per heavy atom. The molecule has 182 valence electrons. The zero-order valence-corrected chi connectivity index (χ0v) is 19.4. The Kier molecular flexibility index (Phi) is 5.79. The quantitative estimate of drug-likeness (QED) is 0.672. The molecule has 4 saturated carbocycles. The van der Waals surface area contributed by atoms with Gasteiger partial charge in [-0.1, -0.05) is 0 Å². The fraction of sp³-hybridized carbons (Fsp3) is 0.708. The smallest absolute Gasteiger partial charge is 0.355 e. The topological polar surface area (TPSA) is 66.5 Å². The van der Waals surface area contributed by atoms with Crippen LogP contribution >= 0.6 is 0 Å². The summed E-state index contributed by atoms with van der Waals surface area (Å²) in [5.41, 5.74) is -1.10. The van der Waals surface area contributed by atoms with E-state index in [0.717, 1.165) is 49.9 Å². The van der Waals surface area contributed by atoms with Gasteiger partial charge >= 0.3 is 6.18 Å². The number of benzene rings is 1. The summed E-state index contributed by atoms with van der Waals surface area (Å²) < 4.78 is 65.8. The first-order chi connectivity index (χ1) is 15.5. The van der Waals surface area contributed by atoms with Crippen molar-refractivity contribution in [2.45, 2.75) is 62.4 Å². The Hall–Kier alpha value is -1.61. The largest absolute Gasteiger partial charge is 0.416 e. The van der Waals surface area contributed by atoms with E-state index in [1.807, 2.05) is 0 Å². The number of hydrogen-bond acceptors (Lipinski definition) is 3. The normalized spacial score (nSPS) is 34.4. The predicted molar refractivity (Wildman–Crippen MR) is 117 cm³/mol. The van der Waals surface area contributed by atoms with Crippen molar-refractivity contribution >= 4 is 15.9 Å². The highest BCUT2D eigenvalue weighted by Crippen LogP contribution is 2.60. The average molecular weight is 485 g/mol. The molecule has 1 atom stereocenters. The first kappa shape index (κ1) is 23.1. The summed E-state index contributed by atoms with van der Waals surface area (Å²) in [6.07, 6.45) is 3.76. The number of rotatable bonds is 5. The van der Waals surface area contributed by atoms with Gasteiger partial charge in [-0.3, -0.25) is 4.79 Å². The summed E-state index contributed by atoms with van der Waals surface area (Å²) in [6, 6.07) is 3.66. The Morgan fingerprint density at radius 1 is 1.03 bits per heavy atom. The number of amides is 1. The highest BCUT2D eigenvalue weighted by molar-refractivity contribution is 7.89. The second kappa shape index (κ2) is 8.26. The van der Waals surface area contributed by atoms with Gasteiger partial charge in [0.2, 0.25) is 15.9 Å². The van der Waals surface area contributed by atoms with Crippen LogP contribution in [0, 0.1) is 29.1 Å². The summed E-state index contributed by atoms with van der Waals surface area (Å²) in [5.74, 6) is 2.19. The molecule has 1 heterocycles. The number of hydrogen-bond donors (Lipinski definition) is 1. The lowest BCUT2D eigenvalue weighted by Gasteiger charge is -2.55. The van der Waals surface area contributed by atoms with Gasteiger partial charge < -0.3 is 5.32 Å². The lowest BCUT2D eigenvalue weighted by Crippen LogP contribution is -2.54. The second-order valence-corrected chi connectivity index (χ2v) is 12.7. The molecular formula is C24H31F3N2O3S. The van der Waals surface area contributed by atoms with Crippen LogP contribution in [0.5, 0.6) is 0 Å². The van der Waals surface area contributed by atoms with Gasteiger partial charge in [-0.2, -0.15) is 17.5 Å². The molecule has 1 aromatic carbocycles. The third kappa shape index (κ3) is 4.43. The number of carbonyl (C=O) groups excluding carboxylic acids is 1. The number of sulfonamides is 1. The lowest BCUT2D eigenvalue weighted by molar-refractivity contribution is -0.146. The van der Waals surface area contributed by atoms with E-state index in [-0.39, 0.29) is 28.7 Å². The van der Waals surface area contributed by atoms with Crippen molar-refractivity contribution in [3.63, 3.8) is 0 Å². The third-order valence-electron chi connectivity index (χ3n) is 8.37. The number of alkyl halides is 3. The van der Waals surface area contributed by atoms with E-state index in [0.29, 0.717) is 37.3 Å². The van der Waals surface area contributed by atoms with Crippen LogP contribution in [-0.2, 0) is 21.0 Å². The van der Waals surface area contributed by atoms with Gasteiger partial charge in [-0.25, -0.2) is 8.42 Å². The van der Waals surface area contributed by atoms with Gasteiger partial charge in [0.15, 0.2) is 0 Å². The van der Waals surface area contributed by atoms with Crippen molar-refractivity contribution in [3.05, 3.63) is 29.8 Å². The average Bonchev–Trinajstić information content (AvgIpc) is 2.76. The third-order valence-corrected chi connectivity index (χ3v) is 10.3. The minimum atomic E-state index is -4.51. The van der Waals surface area contributed by atoms with E-state index >= 15 is 0 Å². The van der Waals surface area contributed by atoms with Crippen molar-refractivity contribution in [3.8, 4) is 0 Å². The van der Waals surface area contributed by atoms with Crippen molar-refractivity contribution in [1.82, 2.24) is 9.62 Å². The molecule has 4 bridgehead atoms. The van der Waals surface area contributed by atoms with Gasteiger partial charge in [0.1, 0.15) is 0 Å². The van der Waals surface area contributed by atoms with Crippen LogP contribution in [0.25, 0.3) is 0 Å². The number of piperidine rings is 1. The molecule has 6 rings (SSSR count). The fourth-order valence-electron chi connectivity index (χ4n) is 7.19. The molecule has 0 radical (unpaired) electrons. The van der Waals surface area contributed by atoms with E-state index in [9.17, 15) is 26.4 Å². The molecule has 1 unspecified atom stereocenters. The number of nitrogens with zero attached hydrogens (tertiary/aromatic N) is 1.